The molecular weight excluding hydrogens is 166 g/mol. The lowest BCUT2D eigenvalue weighted by atomic mass is 10.2. The fraction of sp³-hybridized carbons (Fsp3) is 0.100. The summed E-state index contributed by atoms with van der Waals surface area (Å²) in [4.78, 5) is 11.1. The van der Waals surface area contributed by atoms with Crippen molar-refractivity contribution in [3.8, 4) is 5.75 Å². The summed E-state index contributed by atoms with van der Waals surface area (Å²) in [6.07, 6.45) is 1.91. The largest absolute Gasteiger partial charge is 0.423 e. The average molecular weight is 173 g/mol. The number of nitrogens with zero attached hydrogens (tertiary/aromatic N) is 1. The van der Waals surface area contributed by atoms with Crippen molar-refractivity contribution in [2.24, 2.45) is 0 Å². The van der Waals surface area contributed by atoms with Gasteiger partial charge in [-0.3, -0.25) is 0 Å². The van der Waals surface area contributed by atoms with Crippen molar-refractivity contribution >= 4 is 16.9 Å². The van der Waals surface area contributed by atoms with Gasteiger partial charge in [0.2, 0.25) is 0 Å². The molecule has 3 heteroatoms. The molecule has 0 bridgehead atoms. The molecule has 0 unspecified atom stereocenters. The lowest BCUT2D eigenvalue weighted by Crippen LogP contribution is -2.20. The second-order valence-electron chi connectivity index (χ2n) is 3.11. The molecule has 0 radical (unpaired) electrons. The van der Waals surface area contributed by atoms with Crippen LogP contribution in [0.4, 0.5) is 0 Å². The molecule has 0 fully saturated rings. The molecule has 0 amide bonds. The Morgan fingerprint density at radius 2 is 2.23 bits per heavy atom. The van der Waals surface area contributed by atoms with Gasteiger partial charge in [0.15, 0.2) is 5.75 Å². The average Bonchev–Trinajstić information content (AvgIpc) is 2.50. The maximum atomic E-state index is 11.1. The molecule has 3 rings (SSSR count). The summed E-state index contributed by atoms with van der Waals surface area (Å²) in [5.74, 6) is 0.468. The quantitative estimate of drug-likeness (QED) is 0.447. The number of benzene rings is 1. The zero-order chi connectivity index (χ0) is 8.84. The maximum absolute atomic E-state index is 11.1. The van der Waals surface area contributed by atoms with Crippen molar-refractivity contribution in [2.75, 3.05) is 0 Å². The van der Waals surface area contributed by atoms with Crippen molar-refractivity contribution in [2.45, 2.75) is 6.54 Å². The van der Waals surface area contributed by atoms with E-state index in [1.807, 2.05) is 35.0 Å². The zero-order valence-electron chi connectivity index (χ0n) is 6.86. The molecule has 0 saturated heterocycles. The van der Waals surface area contributed by atoms with Crippen LogP contribution in [0.3, 0.4) is 0 Å². The predicted molar refractivity (Wildman–Crippen MR) is 47.6 cm³/mol. The topological polar surface area (TPSA) is 31.2 Å². The van der Waals surface area contributed by atoms with E-state index in [2.05, 4.69) is 0 Å². The van der Waals surface area contributed by atoms with E-state index in [4.69, 9.17) is 4.74 Å². The van der Waals surface area contributed by atoms with Gasteiger partial charge < -0.3 is 9.30 Å². The minimum absolute atomic E-state index is 0.198. The van der Waals surface area contributed by atoms with Gasteiger partial charge >= 0.3 is 5.97 Å². The maximum Gasteiger partial charge on any atom is 0.331 e. The molecule has 0 aliphatic carbocycles. The minimum atomic E-state index is -0.198. The van der Waals surface area contributed by atoms with Crippen LogP contribution in [0.25, 0.3) is 10.9 Å². The fourth-order valence-electron chi connectivity index (χ4n) is 1.73. The van der Waals surface area contributed by atoms with Gasteiger partial charge in [0.25, 0.3) is 0 Å². The number of hydrogen-bond acceptors (Lipinski definition) is 2. The third-order valence-electron chi connectivity index (χ3n) is 2.27. The summed E-state index contributed by atoms with van der Waals surface area (Å²) in [6, 6.07) is 7.70. The molecular formula is C10H7NO2. The Bertz CT molecular complexity index is 499. The third kappa shape index (κ3) is 0.811. The standard InChI is InChI=1S/C10H7NO2/c12-9-6-11-5-4-7-2-1-3-8(13-9)10(7)11/h1-5H,6H2. The molecule has 13 heavy (non-hydrogen) atoms. The first-order chi connectivity index (χ1) is 6.34. The van der Waals surface area contributed by atoms with Crippen LogP contribution in [0.15, 0.2) is 30.5 Å². The lowest BCUT2D eigenvalue weighted by Gasteiger charge is -2.14. The van der Waals surface area contributed by atoms with Gasteiger partial charge in [0.05, 0.1) is 5.52 Å². The number of carbonyl (C=O) groups is 1. The van der Waals surface area contributed by atoms with Gasteiger partial charge in [-0.25, -0.2) is 4.79 Å². The highest BCUT2D eigenvalue weighted by molar-refractivity contribution is 5.91. The molecule has 1 aliphatic rings. The van der Waals surface area contributed by atoms with E-state index >= 15 is 0 Å². The van der Waals surface area contributed by atoms with Crippen LogP contribution < -0.4 is 4.74 Å². The number of carbonyl (C=O) groups excluding carboxylic acids is 1. The Labute approximate surface area is 74.5 Å². The summed E-state index contributed by atoms with van der Waals surface area (Å²) in [5, 5.41) is 1.12. The van der Waals surface area contributed by atoms with E-state index in [-0.39, 0.29) is 5.97 Å². The van der Waals surface area contributed by atoms with Crippen LogP contribution in [0.2, 0.25) is 0 Å². The molecule has 0 spiro atoms. The highest BCUT2D eigenvalue weighted by Gasteiger charge is 2.18. The SMILES string of the molecule is O=C1Cn2ccc3cccc(c32)O1. The molecule has 0 N–H and O–H groups in total. The first-order valence-electron chi connectivity index (χ1n) is 4.13. The highest BCUT2D eigenvalue weighted by Crippen LogP contribution is 2.29. The monoisotopic (exact) mass is 173 g/mol. The van der Waals surface area contributed by atoms with Crippen LogP contribution >= 0.6 is 0 Å². The predicted octanol–water partition coefficient (Wildman–Crippen LogP) is 1.56. The molecule has 0 atom stereocenters. The Balaban J connectivity index is 2.44. The van der Waals surface area contributed by atoms with Gasteiger partial charge in [-0.1, -0.05) is 12.1 Å². The van der Waals surface area contributed by atoms with Crippen molar-refractivity contribution in [1.29, 1.82) is 0 Å². The number of ether oxygens (including phenoxy) is 1. The first kappa shape index (κ1) is 6.71. The van der Waals surface area contributed by atoms with Crippen molar-refractivity contribution in [1.82, 2.24) is 4.57 Å². The summed E-state index contributed by atoms with van der Waals surface area (Å²) >= 11 is 0. The Hall–Kier alpha value is -1.77. The van der Waals surface area contributed by atoms with Crippen molar-refractivity contribution in [3.05, 3.63) is 30.5 Å². The number of esters is 1. The van der Waals surface area contributed by atoms with Gasteiger partial charge in [0.1, 0.15) is 6.54 Å². The molecule has 2 heterocycles. The van der Waals surface area contributed by atoms with E-state index in [0.717, 1.165) is 10.9 Å². The van der Waals surface area contributed by atoms with Crippen molar-refractivity contribution < 1.29 is 9.53 Å². The summed E-state index contributed by atoms with van der Waals surface area (Å²) in [5.41, 5.74) is 1.02. The number of rotatable bonds is 0. The first-order valence-corrected chi connectivity index (χ1v) is 4.13. The van der Waals surface area contributed by atoms with Gasteiger partial charge in [0, 0.05) is 11.6 Å². The van der Waals surface area contributed by atoms with E-state index in [1.54, 1.807) is 0 Å². The lowest BCUT2D eigenvalue weighted by molar-refractivity contribution is -0.135. The van der Waals surface area contributed by atoms with Crippen LogP contribution in [-0.4, -0.2) is 10.5 Å². The highest BCUT2D eigenvalue weighted by atomic mass is 16.5. The summed E-state index contributed by atoms with van der Waals surface area (Å²) in [7, 11) is 0. The van der Waals surface area contributed by atoms with E-state index in [0.29, 0.717) is 12.3 Å². The summed E-state index contributed by atoms with van der Waals surface area (Å²) in [6.45, 7) is 0.320. The Morgan fingerprint density at radius 1 is 1.31 bits per heavy atom. The number of hydrogen-bond donors (Lipinski definition) is 0. The van der Waals surface area contributed by atoms with Gasteiger partial charge in [-0.2, -0.15) is 0 Å². The minimum Gasteiger partial charge on any atom is -0.423 e. The van der Waals surface area contributed by atoms with Gasteiger partial charge in [-0.15, -0.1) is 0 Å². The molecule has 1 aliphatic heterocycles. The Kier molecular flexibility index (Phi) is 1.10. The molecule has 3 nitrogen and oxygen atoms in total. The van der Waals surface area contributed by atoms with Crippen LogP contribution in [0, 0.1) is 0 Å². The summed E-state index contributed by atoms with van der Waals surface area (Å²) < 4.78 is 7.02. The molecule has 64 valence electrons. The molecule has 2 aromatic rings. The van der Waals surface area contributed by atoms with Gasteiger partial charge in [-0.05, 0) is 12.1 Å². The number of para-hydroxylation sites is 1. The number of aromatic nitrogens is 1. The van der Waals surface area contributed by atoms with Crippen LogP contribution in [0.1, 0.15) is 0 Å². The second kappa shape index (κ2) is 2.13. The van der Waals surface area contributed by atoms with Crippen LogP contribution in [-0.2, 0) is 11.3 Å². The van der Waals surface area contributed by atoms with E-state index in [1.165, 1.54) is 0 Å². The fourth-order valence-corrected chi connectivity index (χ4v) is 1.73. The molecule has 1 aromatic carbocycles. The molecule has 1 aromatic heterocycles. The van der Waals surface area contributed by atoms with E-state index < -0.39 is 0 Å². The van der Waals surface area contributed by atoms with Crippen LogP contribution in [0.5, 0.6) is 5.75 Å². The zero-order valence-corrected chi connectivity index (χ0v) is 6.86. The Morgan fingerprint density at radius 3 is 3.15 bits per heavy atom. The van der Waals surface area contributed by atoms with E-state index in [9.17, 15) is 4.79 Å². The van der Waals surface area contributed by atoms with Crippen molar-refractivity contribution in [3.63, 3.8) is 0 Å². The third-order valence-corrected chi connectivity index (χ3v) is 2.27. The second-order valence-corrected chi connectivity index (χ2v) is 3.11. The normalized spacial score (nSPS) is 14.6. The smallest absolute Gasteiger partial charge is 0.331 e. The molecule has 0 saturated carbocycles.